The molecule has 2 aromatic heterocycles. The molecule has 7 nitrogen and oxygen atoms in total. The van der Waals surface area contributed by atoms with E-state index in [1.54, 1.807) is 30.3 Å². The Bertz CT molecular complexity index is 930. The van der Waals surface area contributed by atoms with E-state index in [0.717, 1.165) is 0 Å². The highest BCUT2D eigenvalue weighted by Gasteiger charge is 2.15. The van der Waals surface area contributed by atoms with Gasteiger partial charge in [-0.25, -0.2) is 0 Å². The van der Waals surface area contributed by atoms with Gasteiger partial charge in [0, 0.05) is 22.8 Å². The predicted octanol–water partition coefficient (Wildman–Crippen LogP) is 1.94. The highest BCUT2D eigenvalue weighted by atomic mass is 35.5. The summed E-state index contributed by atoms with van der Waals surface area (Å²) in [5, 5.41) is 1.04. The van der Waals surface area contributed by atoms with Gasteiger partial charge in [-0.05, 0) is 30.3 Å². The van der Waals surface area contributed by atoms with Crippen LogP contribution in [0.25, 0.3) is 10.9 Å². The fourth-order valence-electron chi connectivity index (χ4n) is 2.11. The van der Waals surface area contributed by atoms with Gasteiger partial charge < -0.3 is 5.73 Å². The van der Waals surface area contributed by atoms with Crippen molar-refractivity contribution < 1.29 is 9.59 Å². The van der Waals surface area contributed by atoms with Crippen molar-refractivity contribution in [2.24, 2.45) is 0 Å². The van der Waals surface area contributed by atoms with E-state index >= 15 is 0 Å². The molecule has 0 unspecified atom stereocenters. The maximum atomic E-state index is 12.2. The Hall–Kier alpha value is -3.19. The molecule has 1 aromatic carbocycles. The minimum Gasteiger partial charge on any atom is -0.397 e. The third-order valence-electron chi connectivity index (χ3n) is 3.30. The molecule has 120 valence electrons. The second-order valence-corrected chi connectivity index (χ2v) is 5.31. The smallest absolute Gasteiger partial charge is 0.288 e. The SMILES string of the molecule is Nc1c(C(=O)NNC(=O)c2ccccn2)cnc2ccc(Cl)cc12. The number of pyridine rings is 2. The lowest BCUT2D eigenvalue weighted by Crippen LogP contribution is -2.42. The average molecular weight is 342 g/mol. The van der Waals surface area contributed by atoms with Gasteiger partial charge in [0.05, 0.1) is 16.8 Å². The molecule has 2 heterocycles. The molecule has 0 bridgehead atoms. The molecule has 8 heteroatoms. The van der Waals surface area contributed by atoms with Crippen molar-refractivity contribution in [1.82, 2.24) is 20.8 Å². The first-order valence-electron chi connectivity index (χ1n) is 6.91. The molecule has 0 spiro atoms. The number of aromatic nitrogens is 2. The second kappa shape index (κ2) is 6.51. The Morgan fingerprint density at radius 1 is 1.04 bits per heavy atom. The fourth-order valence-corrected chi connectivity index (χ4v) is 2.28. The van der Waals surface area contributed by atoms with Crippen LogP contribution in [0.1, 0.15) is 20.8 Å². The number of nitrogens with two attached hydrogens (primary N) is 1. The van der Waals surface area contributed by atoms with Gasteiger partial charge in [0.1, 0.15) is 5.69 Å². The molecule has 0 saturated carbocycles. The minimum absolute atomic E-state index is 0.131. The Morgan fingerprint density at radius 2 is 1.83 bits per heavy atom. The number of hydrazine groups is 1. The number of nitrogens with zero attached hydrogens (tertiary/aromatic N) is 2. The first-order valence-corrected chi connectivity index (χ1v) is 7.29. The van der Waals surface area contributed by atoms with E-state index in [0.29, 0.717) is 15.9 Å². The van der Waals surface area contributed by atoms with Crippen LogP contribution in [-0.4, -0.2) is 21.8 Å². The van der Waals surface area contributed by atoms with Gasteiger partial charge in [-0.2, -0.15) is 0 Å². The van der Waals surface area contributed by atoms with Gasteiger partial charge >= 0.3 is 0 Å². The highest BCUT2D eigenvalue weighted by Crippen LogP contribution is 2.25. The summed E-state index contributed by atoms with van der Waals surface area (Å²) in [5.74, 6) is -1.13. The predicted molar refractivity (Wildman–Crippen MR) is 90.3 cm³/mol. The largest absolute Gasteiger partial charge is 0.397 e. The molecule has 0 aliphatic carbocycles. The number of amides is 2. The Labute approximate surface area is 141 Å². The molecular formula is C16H12ClN5O2. The number of carbonyl (C=O) groups is 2. The molecule has 0 aliphatic rings. The monoisotopic (exact) mass is 341 g/mol. The van der Waals surface area contributed by atoms with E-state index in [1.807, 2.05) is 0 Å². The van der Waals surface area contributed by atoms with Gasteiger partial charge in [0.15, 0.2) is 0 Å². The van der Waals surface area contributed by atoms with Crippen molar-refractivity contribution in [3.8, 4) is 0 Å². The van der Waals surface area contributed by atoms with Crippen molar-refractivity contribution in [3.05, 3.63) is 65.1 Å². The maximum absolute atomic E-state index is 12.2. The van der Waals surface area contributed by atoms with Crippen LogP contribution < -0.4 is 16.6 Å². The van der Waals surface area contributed by atoms with Gasteiger partial charge in [0.2, 0.25) is 0 Å². The zero-order chi connectivity index (χ0) is 17.1. The summed E-state index contributed by atoms with van der Waals surface area (Å²) in [7, 11) is 0. The van der Waals surface area contributed by atoms with Crippen molar-refractivity contribution in [3.63, 3.8) is 0 Å². The molecule has 3 rings (SSSR count). The summed E-state index contributed by atoms with van der Waals surface area (Å²) < 4.78 is 0. The summed E-state index contributed by atoms with van der Waals surface area (Å²) >= 11 is 5.95. The maximum Gasteiger partial charge on any atom is 0.288 e. The van der Waals surface area contributed by atoms with Crippen LogP contribution in [0.15, 0.2) is 48.8 Å². The average Bonchev–Trinajstić information content (AvgIpc) is 2.61. The highest BCUT2D eigenvalue weighted by molar-refractivity contribution is 6.31. The molecule has 2 amide bonds. The fraction of sp³-hybridized carbons (Fsp3) is 0. The van der Waals surface area contributed by atoms with Crippen LogP contribution in [-0.2, 0) is 0 Å². The number of halogens is 1. The van der Waals surface area contributed by atoms with Crippen LogP contribution in [0.2, 0.25) is 5.02 Å². The van der Waals surface area contributed by atoms with Gasteiger partial charge in [-0.1, -0.05) is 17.7 Å². The van der Waals surface area contributed by atoms with Crippen molar-refractivity contribution in [1.29, 1.82) is 0 Å². The lowest BCUT2D eigenvalue weighted by molar-refractivity contribution is 0.0844. The van der Waals surface area contributed by atoms with Crippen LogP contribution >= 0.6 is 11.6 Å². The number of anilines is 1. The van der Waals surface area contributed by atoms with E-state index in [2.05, 4.69) is 20.8 Å². The van der Waals surface area contributed by atoms with Crippen LogP contribution in [0, 0.1) is 0 Å². The molecular weight excluding hydrogens is 330 g/mol. The van der Waals surface area contributed by atoms with Crippen LogP contribution in [0.3, 0.4) is 0 Å². The molecule has 24 heavy (non-hydrogen) atoms. The van der Waals surface area contributed by atoms with Crippen LogP contribution in [0.4, 0.5) is 5.69 Å². The number of hydrogen-bond acceptors (Lipinski definition) is 5. The first kappa shape index (κ1) is 15.7. The summed E-state index contributed by atoms with van der Waals surface area (Å²) in [5.41, 5.74) is 11.7. The van der Waals surface area contributed by atoms with Crippen molar-refractivity contribution in [2.45, 2.75) is 0 Å². The van der Waals surface area contributed by atoms with Gasteiger partial charge in [-0.3, -0.25) is 30.4 Å². The Balaban J connectivity index is 1.79. The lowest BCUT2D eigenvalue weighted by Gasteiger charge is -2.10. The van der Waals surface area contributed by atoms with Crippen LogP contribution in [0.5, 0.6) is 0 Å². The van der Waals surface area contributed by atoms with E-state index in [4.69, 9.17) is 17.3 Å². The molecule has 0 fully saturated rings. The summed E-state index contributed by atoms with van der Waals surface area (Å²) in [6.45, 7) is 0. The van der Waals surface area contributed by atoms with E-state index in [-0.39, 0.29) is 16.9 Å². The molecule has 3 aromatic rings. The number of benzene rings is 1. The number of nitrogen functional groups attached to an aromatic ring is 1. The number of hydrogen-bond donors (Lipinski definition) is 3. The van der Waals surface area contributed by atoms with E-state index in [9.17, 15) is 9.59 Å². The summed E-state index contributed by atoms with van der Waals surface area (Å²) in [6, 6.07) is 9.89. The Kier molecular flexibility index (Phi) is 4.26. The summed E-state index contributed by atoms with van der Waals surface area (Å²) in [4.78, 5) is 32.1. The molecule has 0 radical (unpaired) electrons. The number of fused-ring (bicyclic) bond motifs is 1. The quantitative estimate of drug-likeness (QED) is 0.617. The lowest BCUT2D eigenvalue weighted by atomic mass is 10.1. The third-order valence-corrected chi connectivity index (χ3v) is 3.54. The van der Waals surface area contributed by atoms with Gasteiger partial charge in [-0.15, -0.1) is 0 Å². The zero-order valence-corrected chi connectivity index (χ0v) is 13.0. The standard InChI is InChI=1S/C16H12ClN5O2/c17-9-4-5-12-10(7-9)14(18)11(8-20-12)15(23)21-22-16(24)13-3-1-2-6-19-13/h1-8H,(H2,18,20)(H,21,23)(H,22,24). The topological polar surface area (TPSA) is 110 Å². The second-order valence-electron chi connectivity index (χ2n) is 4.87. The normalized spacial score (nSPS) is 10.4. The third kappa shape index (κ3) is 3.11. The molecule has 0 atom stereocenters. The number of carbonyl (C=O) groups excluding carboxylic acids is 2. The van der Waals surface area contributed by atoms with Crippen molar-refractivity contribution >= 4 is 40.0 Å². The molecule has 0 saturated heterocycles. The summed E-state index contributed by atoms with van der Waals surface area (Å²) in [6.07, 6.45) is 2.82. The van der Waals surface area contributed by atoms with E-state index in [1.165, 1.54) is 18.5 Å². The molecule has 0 aliphatic heterocycles. The number of nitrogens with one attached hydrogen (secondary N) is 2. The zero-order valence-electron chi connectivity index (χ0n) is 12.3. The number of rotatable bonds is 2. The van der Waals surface area contributed by atoms with Gasteiger partial charge in [0.25, 0.3) is 11.8 Å². The first-order chi connectivity index (χ1) is 11.6. The van der Waals surface area contributed by atoms with E-state index < -0.39 is 11.8 Å². The molecule has 4 N–H and O–H groups in total. The van der Waals surface area contributed by atoms with Crippen molar-refractivity contribution in [2.75, 3.05) is 5.73 Å². The minimum atomic E-state index is -0.592. The Morgan fingerprint density at radius 3 is 2.58 bits per heavy atom.